The normalized spacial score (nSPS) is 10.6. The Kier molecular flexibility index (Phi) is 7.94. The second kappa shape index (κ2) is 9.95. The van der Waals surface area contributed by atoms with Crippen LogP contribution in [0.4, 0.5) is 0 Å². The Balaban J connectivity index is 1.64. The summed E-state index contributed by atoms with van der Waals surface area (Å²) in [5.41, 5.74) is 3.25. The average molecular weight is 398 g/mol. The van der Waals surface area contributed by atoms with Crippen molar-refractivity contribution < 1.29 is 9.53 Å². The molecule has 0 unspecified atom stereocenters. The summed E-state index contributed by atoms with van der Waals surface area (Å²) in [4.78, 5) is 11.9. The number of benzene rings is 2. The molecule has 6 heteroatoms. The molecule has 0 bridgehead atoms. The molecule has 0 aliphatic heterocycles. The van der Waals surface area contributed by atoms with Gasteiger partial charge in [-0.05, 0) is 48.7 Å². The Morgan fingerprint density at radius 2 is 2.00 bits per heavy atom. The fourth-order valence-corrected chi connectivity index (χ4v) is 3.58. The van der Waals surface area contributed by atoms with Gasteiger partial charge in [-0.1, -0.05) is 41.4 Å². The van der Waals surface area contributed by atoms with Gasteiger partial charge in [-0.15, -0.1) is 0 Å². The monoisotopic (exact) mass is 397 g/mol. The van der Waals surface area contributed by atoms with Crippen molar-refractivity contribution in [1.82, 2.24) is 5.32 Å². The number of amides is 1. The maximum absolute atomic E-state index is 11.9. The molecule has 1 N–H and O–H groups in total. The Labute approximate surface area is 163 Å². The highest BCUT2D eigenvalue weighted by Gasteiger charge is 2.06. The third-order valence-electron chi connectivity index (χ3n) is 3.75. The van der Waals surface area contributed by atoms with Crippen LogP contribution in [-0.4, -0.2) is 24.8 Å². The minimum absolute atomic E-state index is 0.0258. The predicted octanol–water partition coefficient (Wildman–Crippen LogP) is 5.04. The van der Waals surface area contributed by atoms with E-state index in [1.54, 1.807) is 17.8 Å². The van der Waals surface area contributed by atoms with Crippen LogP contribution in [0.3, 0.4) is 0 Å². The van der Waals surface area contributed by atoms with E-state index >= 15 is 0 Å². The van der Waals surface area contributed by atoms with Crippen molar-refractivity contribution in [3.05, 3.63) is 63.1 Å². The lowest BCUT2D eigenvalue weighted by atomic mass is 10.1. The van der Waals surface area contributed by atoms with E-state index < -0.39 is 0 Å². The lowest BCUT2D eigenvalue weighted by Gasteiger charge is -2.11. The van der Waals surface area contributed by atoms with E-state index in [-0.39, 0.29) is 12.5 Å². The van der Waals surface area contributed by atoms with Gasteiger partial charge in [0.05, 0.1) is 0 Å². The molecule has 0 atom stereocenters. The van der Waals surface area contributed by atoms with Crippen molar-refractivity contribution in [3.8, 4) is 5.75 Å². The maximum atomic E-state index is 11.9. The first-order valence-corrected chi connectivity index (χ1v) is 9.86. The van der Waals surface area contributed by atoms with Crippen molar-refractivity contribution in [2.24, 2.45) is 0 Å². The van der Waals surface area contributed by atoms with Gasteiger partial charge in [0.1, 0.15) is 5.75 Å². The molecule has 0 aliphatic carbocycles. The van der Waals surface area contributed by atoms with Crippen LogP contribution in [0.1, 0.15) is 16.7 Å². The largest absolute Gasteiger partial charge is 0.483 e. The highest BCUT2D eigenvalue weighted by Crippen LogP contribution is 2.24. The highest BCUT2D eigenvalue weighted by molar-refractivity contribution is 7.98. The second-order valence-electron chi connectivity index (χ2n) is 5.62. The molecular weight excluding hydrogens is 377 g/mol. The van der Waals surface area contributed by atoms with Crippen LogP contribution in [0, 0.1) is 13.8 Å². The fraction of sp³-hybridized carbons (Fsp3) is 0.316. The van der Waals surface area contributed by atoms with Crippen LogP contribution in [0.15, 0.2) is 36.4 Å². The summed E-state index contributed by atoms with van der Waals surface area (Å²) in [6.45, 7) is 4.62. The van der Waals surface area contributed by atoms with Gasteiger partial charge in [0.25, 0.3) is 5.91 Å². The SMILES string of the molecule is Cc1cccc(OCC(=O)NCCSCc2ccc(Cl)cc2Cl)c1C. The summed E-state index contributed by atoms with van der Waals surface area (Å²) in [7, 11) is 0. The van der Waals surface area contributed by atoms with Crippen LogP contribution in [0.2, 0.25) is 10.0 Å². The number of carbonyl (C=O) groups excluding carboxylic acids is 1. The second-order valence-corrected chi connectivity index (χ2v) is 7.57. The molecule has 0 aliphatic rings. The lowest BCUT2D eigenvalue weighted by Crippen LogP contribution is -2.30. The molecule has 2 aromatic carbocycles. The van der Waals surface area contributed by atoms with Crippen molar-refractivity contribution in [2.75, 3.05) is 18.9 Å². The summed E-state index contributed by atoms with van der Waals surface area (Å²) < 4.78 is 5.58. The van der Waals surface area contributed by atoms with Gasteiger partial charge in [-0.25, -0.2) is 0 Å². The molecule has 0 heterocycles. The maximum Gasteiger partial charge on any atom is 0.257 e. The van der Waals surface area contributed by atoms with Crippen molar-refractivity contribution in [3.63, 3.8) is 0 Å². The van der Waals surface area contributed by atoms with Crippen LogP contribution in [0.25, 0.3) is 0 Å². The van der Waals surface area contributed by atoms with Gasteiger partial charge in [-0.3, -0.25) is 4.79 Å². The molecule has 0 spiro atoms. The van der Waals surface area contributed by atoms with E-state index in [4.69, 9.17) is 27.9 Å². The number of aryl methyl sites for hydroxylation is 1. The van der Waals surface area contributed by atoms with Crippen LogP contribution < -0.4 is 10.1 Å². The smallest absolute Gasteiger partial charge is 0.257 e. The molecule has 0 aromatic heterocycles. The Morgan fingerprint density at radius 1 is 1.20 bits per heavy atom. The first-order valence-electron chi connectivity index (χ1n) is 7.94. The molecule has 0 saturated heterocycles. The van der Waals surface area contributed by atoms with E-state index in [1.807, 2.05) is 44.2 Å². The number of halogens is 2. The standard InChI is InChI=1S/C19H21Cl2NO2S/c1-13-4-3-5-18(14(13)2)24-11-19(23)22-8-9-25-12-15-6-7-16(20)10-17(15)21/h3-7,10H,8-9,11-12H2,1-2H3,(H,22,23). The van der Waals surface area contributed by atoms with Crippen LogP contribution in [0.5, 0.6) is 5.75 Å². The quantitative estimate of drug-likeness (QED) is 0.634. The van der Waals surface area contributed by atoms with Gasteiger partial charge in [-0.2, -0.15) is 11.8 Å². The summed E-state index contributed by atoms with van der Waals surface area (Å²) in [6, 6.07) is 11.3. The van der Waals surface area contributed by atoms with E-state index in [1.165, 1.54) is 0 Å². The van der Waals surface area contributed by atoms with Crippen molar-refractivity contribution in [1.29, 1.82) is 0 Å². The van der Waals surface area contributed by atoms with Gasteiger partial charge in [0, 0.05) is 28.1 Å². The topological polar surface area (TPSA) is 38.3 Å². The minimum Gasteiger partial charge on any atom is -0.483 e. The zero-order valence-electron chi connectivity index (χ0n) is 14.3. The van der Waals surface area contributed by atoms with E-state index in [9.17, 15) is 4.79 Å². The number of thioether (sulfide) groups is 1. The number of rotatable bonds is 8. The molecule has 3 nitrogen and oxygen atoms in total. The van der Waals surface area contributed by atoms with Crippen molar-refractivity contribution >= 4 is 40.9 Å². The Bertz CT molecular complexity index is 737. The van der Waals surface area contributed by atoms with Gasteiger partial charge >= 0.3 is 0 Å². The first-order chi connectivity index (χ1) is 12.0. The van der Waals surface area contributed by atoms with E-state index in [2.05, 4.69) is 5.32 Å². The summed E-state index contributed by atoms with van der Waals surface area (Å²) in [5.74, 6) is 2.21. The predicted molar refractivity (Wildman–Crippen MR) is 107 cm³/mol. The molecule has 2 rings (SSSR count). The Hall–Kier alpha value is -1.36. The van der Waals surface area contributed by atoms with Crippen LogP contribution >= 0.6 is 35.0 Å². The average Bonchev–Trinajstić information content (AvgIpc) is 2.57. The van der Waals surface area contributed by atoms with Crippen LogP contribution in [-0.2, 0) is 10.5 Å². The molecular formula is C19H21Cl2NO2S. The third kappa shape index (κ3) is 6.46. The number of hydrogen-bond donors (Lipinski definition) is 1. The number of carbonyl (C=O) groups is 1. The molecule has 1 amide bonds. The Morgan fingerprint density at radius 3 is 2.76 bits per heavy atom. The molecule has 134 valence electrons. The molecule has 0 fully saturated rings. The number of ether oxygens (including phenoxy) is 1. The first kappa shape index (κ1) is 20.0. The molecule has 2 aromatic rings. The minimum atomic E-state index is -0.119. The molecule has 25 heavy (non-hydrogen) atoms. The summed E-state index contributed by atoms with van der Waals surface area (Å²) in [5, 5.41) is 4.16. The zero-order valence-corrected chi connectivity index (χ0v) is 16.6. The van der Waals surface area contributed by atoms with E-state index in [0.717, 1.165) is 33.9 Å². The van der Waals surface area contributed by atoms with Gasteiger partial charge < -0.3 is 10.1 Å². The number of hydrogen-bond acceptors (Lipinski definition) is 3. The third-order valence-corrected chi connectivity index (χ3v) is 5.35. The summed E-state index contributed by atoms with van der Waals surface area (Å²) >= 11 is 13.7. The van der Waals surface area contributed by atoms with Gasteiger partial charge in [0.2, 0.25) is 0 Å². The number of nitrogens with one attached hydrogen (secondary N) is 1. The van der Waals surface area contributed by atoms with E-state index in [0.29, 0.717) is 16.6 Å². The fourth-order valence-electron chi connectivity index (χ4n) is 2.16. The highest BCUT2D eigenvalue weighted by atomic mass is 35.5. The van der Waals surface area contributed by atoms with Crippen molar-refractivity contribution in [2.45, 2.75) is 19.6 Å². The lowest BCUT2D eigenvalue weighted by molar-refractivity contribution is -0.122. The molecule has 0 radical (unpaired) electrons. The zero-order chi connectivity index (χ0) is 18.2. The summed E-state index contributed by atoms with van der Waals surface area (Å²) in [6.07, 6.45) is 0. The molecule has 0 saturated carbocycles. The van der Waals surface area contributed by atoms with Gasteiger partial charge in [0.15, 0.2) is 6.61 Å².